The van der Waals surface area contributed by atoms with Gasteiger partial charge < -0.3 is 10.6 Å². The van der Waals surface area contributed by atoms with Crippen molar-refractivity contribution in [1.29, 1.82) is 0 Å². The highest BCUT2D eigenvalue weighted by atomic mass is 79.9. The van der Waals surface area contributed by atoms with E-state index in [0.717, 1.165) is 34.8 Å². The molecule has 2 N–H and O–H groups in total. The van der Waals surface area contributed by atoms with E-state index >= 15 is 0 Å². The Bertz CT molecular complexity index is 545. The molecule has 106 valence electrons. The van der Waals surface area contributed by atoms with E-state index in [-0.39, 0.29) is 0 Å². The second-order valence-electron chi connectivity index (χ2n) is 4.56. The molecule has 2 rings (SSSR count). The first-order valence-corrected chi connectivity index (χ1v) is 7.65. The summed E-state index contributed by atoms with van der Waals surface area (Å²) in [6, 6.07) is 9.91. The minimum absolute atomic E-state index is 0.788. The molecule has 0 aliphatic rings. The molecule has 0 radical (unpaired) electrons. The molecule has 1 aromatic carbocycles. The van der Waals surface area contributed by atoms with Gasteiger partial charge in [-0.1, -0.05) is 41.8 Å². The van der Waals surface area contributed by atoms with Crippen LogP contribution in [-0.2, 0) is 0 Å². The molecule has 0 saturated heterocycles. The highest BCUT2D eigenvalue weighted by Gasteiger charge is 2.00. The summed E-state index contributed by atoms with van der Waals surface area (Å²) in [5.74, 6) is 1.64. The van der Waals surface area contributed by atoms with Crippen molar-refractivity contribution in [2.45, 2.75) is 26.2 Å². The van der Waals surface area contributed by atoms with Crippen LogP contribution >= 0.6 is 15.9 Å². The first-order valence-electron chi connectivity index (χ1n) is 6.86. The fourth-order valence-electron chi connectivity index (χ4n) is 1.83. The van der Waals surface area contributed by atoms with Gasteiger partial charge in [-0.25, -0.2) is 9.97 Å². The van der Waals surface area contributed by atoms with Crippen LogP contribution in [0.25, 0.3) is 0 Å². The molecule has 20 heavy (non-hydrogen) atoms. The number of benzene rings is 1. The zero-order valence-electron chi connectivity index (χ0n) is 11.6. The molecule has 0 bridgehead atoms. The van der Waals surface area contributed by atoms with Crippen LogP contribution in [0.15, 0.2) is 41.1 Å². The molecule has 0 atom stereocenters. The van der Waals surface area contributed by atoms with Crippen molar-refractivity contribution < 1.29 is 0 Å². The monoisotopic (exact) mass is 334 g/mol. The second-order valence-corrected chi connectivity index (χ2v) is 5.47. The Morgan fingerprint density at radius 1 is 1.10 bits per heavy atom. The Morgan fingerprint density at radius 2 is 1.95 bits per heavy atom. The predicted octanol–water partition coefficient (Wildman–Crippen LogP) is 4.58. The van der Waals surface area contributed by atoms with Crippen LogP contribution in [0.3, 0.4) is 0 Å². The molecule has 0 fully saturated rings. The van der Waals surface area contributed by atoms with Crippen LogP contribution in [0.4, 0.5) is 17.3 Å². The number of halogens is 1. The Balaban J connectivity index is 1.95. The number of hydrogen-bond acceptors (Lipinski definition) is 4. The van der Waals surface area contributed by atoms with Crippen LogP contribution in [0.1, 0.15) is 26.2 Å². The van der Waals surface area contributed by atoms with Crippen molar-refractivity contribution in [3.8, 4) is 0 Å². The summed E-state index contributed by atoms with van der Waals surface area (Å²) in [6.07, 6.45) is 5.19. The molecule has 2 aromatic rings. The molecular formula is C15H19BrN4. The summed E-state index contributed by atoms with van der Waals surface area (Å²) >= 11 is 3.45. The number of nitrogens with zero attached hydrogens (tertiary/aromatic N) is 2. The molecule has 0 amide bonds. The van der Waals surface area contributed by atoms with Crippen LogP contribution in [0.5, 0.6) is 0 Å². The lowest BCUT2D eigenvalue weighted by Gasteiger charge is -2.08. The Hall–Kier alpha value is -1.62. The van der Waals surface area contributed by atoms with E-state index in [2.05, 4.69) is 43.5 Å². The van der Waals surface area contributed by atoms with Gasteiger partial charge in [0.25, 0.3) is 0 Å². The van der Waals surface area contributed by atoms with Gasteiger partial charge in [0.15, 0.2) is 0 Å². The molecule has 0 spiro atoms. The molecule has 0 aliphatic carbocycles. The van der Waals surface area contributed by atoms with E-state index in [1.54, 1.807) is 6.33 Å². The van der Waals surface area contributed by atoms with Gasteiger partial charge in [-0.2, -0.15) is 0 Å². The van der Waals surface area contributed by atoms with Crippen LogP contribution in [0.2, 0.25) is 0 Å². The third-order valence-electron chi connectivity index (χ3n) is 2.85. The summed E-state index contributed by atoms with van der Waals surface area (Å²) in [7, 11) is 0. The first kappa shape index (κ1) is 14.8. The van der Waals surface area contributed by atoms with Crippen molar-refractivity contribution in [3.63, 3.8) is 0 Å². The third-order valence-corrected chi connectivity index (χ3v) is 3.34. The number of unbranched alkanes of at least 4 members (excludes halogenated alkanes) is 2. The largest absolute Gasteiger partial charge is 0.370 e. The Kier molecular flexibility index (Phi) is 5.80. The summed E-state index contributed by atoms with van der Waals surface area (Å²) in [5, 5.41) is 6.58. The standard InChI is InChI=1S/C15H19BrN4/c1-2-3-4-8-17-14-10-15(19-11-18-14)20-13-7-5-6-12(16)9-13/h5-7,9-11H,2-4,8H2,1H3,(H2,17,18,19,20). The summed E-state index contributed by atoms with van der Waals surface area (Å²) in [5.41, 5.74) is 0.995. The van der Waals surface area contributed by atoms with Crippen molar-refractivity contribution in [2.75, 3.05) is 17.2 Å². The van der Waals surface area contributed by atoms with Crippen LogP contribution < -0.4 is 10.6 Å². The predicted molar refractivity (Wildman–Crippen MR) is 87.5 cm³/mol. The first-order chi connectivity index (χ1) is 9.78. The number of hydrogen-bond donors (Lipinski definition) is 2. The van der Waals surface area contributed by atoms with Gasteiger partial charge >= 0.3 is 0 Å². The van der Waals surface area contributed by atoms with E-state index < -0.39 is 0 Å². The molecule has 4 nitrogen and oxygen atoms in total. The Morgan fingerprint density at radius 3 is 2.75 bits per heavy atom. The third kappa shape index (κ3) is 4.81. The maximum Gasteiger partial charge on any atom is 0.135 e. The molecule has 1 heterocycles. The maximum atomic E-state index is 4.23. The van der Waals surface area contributed by atoms with Crippen molar-refractivity contribution in [3.05, 3.63) is 41.1 Å². The zero-order chi connectivity index (χ0) is 14.2. The van der Waals surface area contributed by atoms with Crippen molar-refractivity contribution in [1.82, 2.24) is 9.97 Å². The van der Waals surface area contributed by atoms with Gasteiger partial charge in [0.1, 0.15) is 18.0 Å². The number of anilines is 3. The number of rotatable bonds is 7. The van der Waals surface area contributed by atoms with Gasteiger partial charge in [0.2, 0.25) is 0 Å². The molecule has 0 saturated carbocycles. The fourth-order valence-corrected chi connectivity index (χ4v) is 2.23. The van der Waals surface area contributed by atoms with Gasteiger partial charge in [-0.05, 0) is 24.6 Å². The lowest BCUT2D eigenvalue weighted by molar-refractivity contribution is 0.742. The van der Waals surface area contributed by atoms with Crippen LogP contribution in [-0.4, -0.2) is 16.5 Å². The van der Waals surface area contributed by atoms with Gasteiger partial charge in [0, 0.05) is 22.8 Å². The maximum absolute atomic E-state index is 4.23. The minimum Gasteiger partial charge on any atom is -0.370 e. The molecule has 1 aromatic heterocycles. The topological polar surface area (TPSA) is 49.8 Å². The number of aromatic nitrogens is 2. The summed E-state index contributed by atoms with van der Waals surface area (Å²) < 4.78 is 1.04. The smallest absolute Gasteiger partial charge is 0.135 e. The molecule has 5 heteroatoms. The minimum atomic E-state index is 0.788. The summed E-state index contributed by atoms with van der Waals surface area (Å²) in [4.78, 5) is 8.46. The van der Waals surface area contributed by atoms with E-state index in [1.807, 2.05) is 30.3 Å². The highest BCUT2D eigenvalue weighted by Crippen LogP contribution is 2.20. The molecule has 0 unspecified atom stereocenters. The Labute approximate surface area is 128 Å². The van der Waals surface area contributed by atoms with Gasteiger partial charge in [-0.15, -0.1) is 0 Å². The quantitative estimate of drug-likeness (QED) is 0.727. The van der Waals surface area contributed by atoms with Crippen LogP contribution in [0, 0.1) is 0 Å². The van der Waals surface area contributed by atoms with E-state index in [4.69, 9.17) is 0 Å². The van der Waals surface area contributed by atoms with E-state index in [9.17, 15) is 0 Å². The van der Waals surface area contributed by atoms with Crippen molar-refractivity contribution in [2.24, 2.45) is 0 Å². The fraction of sp³-hybridized carbons (Fsp3) is 0.333. The summed E-state index contributed by atoms with van der Waals surface area (Å²) in [6.45, 7) is 3.14. The SMILES string of the molecule is CCCCCNc1cc(Nc2cccc(Br)c2)ncn1. The average molecular weight is 335 g/mol. The zero-order valence-corrected chi connectivity index (χ0v) is 13.2. The van der Waals surface area contributed by atoms with Gasteiger partial charge in [-0.3, -0.25) is 0 Å². The normalized spacial score (nSPS) is 10.3. The van der Waals surface area contributed by atoms with Gasteiger partial charge in [0.05, 0.1) is 0 Å². The van der Waals surface area contributed by atoms with E-state index in [0.29, 0.717) is 0 Å². The molecular weight excluding hydrogens is 316 g/mol. The van der Waals surface area contributed by atoms with E-state index in [1.165, 1.54) is 12.8 Å². The lowest BCUT2D eigenvalue weighted by Crippen LogP contribution is -2.04. The average Bonchev–Trinajstić information content (AvgIpc) is 2.44. The van der Waals surface area contributed by atoms with Crippen molar-refractivity contribution >= 4 is 33.3 Å². The highest BCUT2D eigenvalue weighted by molar-refractivity contribution is 9.10. The lowest BCUT2D eigenvalue weighted by atomic mass is 10.2. The number of nitrogens with one attached hydrogen (secondary N) is 2. The second kappa shape index (κ2) is 7.85. The molecule has 0 aliphatic heterocycles.